The van der Waals surface area contributed by atoms with E-state index in [1.807, 2.05) is 27.7 Å². The molecule has 0 saturated heterocycles. The van der Waals surface area contributed by atoms with Crippen LogP contribution in [-0.2, 0) is 0 Å². The topological polar surface area (TPSA) is 92.9 Å². The van der Waals surface area contributed by atoms with Gasteiger partial charge >= 0.3 is 0 Å². The van der Waals surface area contributed by atoms with E-state index in [0.717, 1.165) is 0 Å². The molecule has 0 aliphatic heterocycles. The summed E-state index contributed by atoms with van der Waals surface area (Å²) < 4.78 is 7.47. The van der Waals surface area contributed by atoms with Gasteiger partial charge in [0.15, 0.2) is 0 Å². The Morgan fingerprint density at radius 3 is 2.65 bits per heavy atom. The molecule has 0 bridgehead atoms. The summed E-state index contributed by atoms with van der Waals surface area (Å²) in [5.74, 6) is 0.110. The Morgan fingerprint density at radius 2 is 2.09 bits per heavy atom. The fourth-order valence-electron chi connectivity index (χ4n) is 2.03. The van der Waals surface area contributed by atoms with Gasteiger partial charge in [-0.25, -0.2) is 9.97 Å². The second-order valence-electron chi connectivity index (χ2n) is 5.65. The van der Waals surface area contributed by atoms with Crippen molar-refractivity contribution in [3.63, 3.8) is 0 Å². The maximum atomic E-state index is 12.3. The Labute approximate surface area is 134 Å². The second kappa shape index (κ2) is 7.04. The van der Waals surface area contributed by atoms with Crippen LogP contribution in [0.1, 0.15) is 44.2 Å². The van der Waals surface area contributed by atoms with E-state index in [-0.39, 0.29) is 23.7 Å². The van der Waals surface area contributed by atoms with Gasteiger partial charge in [-0.2, -0.15) is 0 Å². The number of hydrogen-bond acceptors (Lipinski definition) is 5. The number of carbonyl (C=O) groups is 1. The van der Waals surface area contributed by atoms with Crippen molar-refractivity contribution in [2.75, 3.05) is 5.32 Å². The minimum absolute atomic E-state index is 0.0704. The van der Waals surface area contributed by atoms with E-state index in [4.69, 9.17) is 10.1 Å². The molecule has 2 aromatic heterocycles. The highest BCUT2D eigenvalue weighted by molar-refractivity contribution is 6.03. The molecule has 2 aromatic rings. The van der Waals surface area contributed by atoms with E-state index in [1.165, 1.54) is 18.6 Å². The van der Waals surface area contributed by atoms with Crippen LogP contribution in [0.15, 0.2) is 30.9 Å². The zero-order valence-corrected chi connectivity index (χ0v) is 13.7. The van der Waals surface area contributed by atoms with Gasteiger partial charge in [-0.3, -0.25) is 10.2 Å². The number of ether oxygens (including phenoxy) is 1. The number of nitrogens with one attached hydrogen (secondary N) is 2. The molecule has 1 amide bonds. The Bertz CT molecular complexity index is 738. The quantitative estimate of drug-likeness (QED) is 0.886. The summed E-state index contributed by atoms with van der Waals surface area (Å²) in [7, 11) is 0. The number of hydrogen-bond donors (Lipinski definition) is 2. The molecule has 0 unspecified atom stereocenters. The van der Waals surface area contributed by atoms with Crippen LogP contribution < -0.4 is 15.5 Å². The van der Waals surface area contributed by atoms with Gasteiger partial charge in [-0.15, -0.1) is 0 Å². The first-order valence-corrected chi connectivity index (χ1v) is 7.43. The first-order chi connectivity index (χ1) is 10.9. The van der Waals surface area contributed by atoms with Gasteiger partial charge in [-0.1, -0.05) is 0 Å². The Kier molecular flexibility index (Phi) is 5.10. The van der Waals surface area contributed by atoms with Crippen molar-refractivity contribution in [3.8, 4) is 5.75 Å². The van der Waals surface area contributed by atoms with E-state index >= 15 is 0 Å². The molecule has 0 aliphatic carbocycles. The molecule has 0 fully saturated rings. The summed E-state index contributed by atoms with van der Waals surface area (Å²) in [5, 5.41) is 10.9. The molecule has 2 N–H and O–H groups in total. The fourth-order valence-corrected chi connectivity index (χ4v) is 2.03. The SMILES string of the molecule is CC(C)Oc1cc(=N)n(C(C)C)cc1NC(=O)c1ccncn1. The molecule has 23 heavy (non-hydrogen) atoms. The van der Waals surface area contributed by atoms with Crippen molar-refractivity contribution >= 4 is 11.6 Å². The molecule has 0 radical (unpaired) electrons. The standard InChI is InChI=1S/C16H21N5O2/c1-10(2)21-8-13(14(7-15(21)17)23-11(3)4)20-16(22)12-5-6-18-9-19-12/h5-11,17H,1-4H3,(H,20,22). The van der Waals surface area contributed by atoms with Gasteiger partial charge in [0.1, 0.15) is 28.9 Å². The average Bonchev–Trinajstić information content (AvgIpc) is 2.49. The number of pyridine rings is 1. The molecule has 0 saturated carbocycles. The number of amides is 1. The smallest absolute Gasteiger partial charge is 0.274 e. The lowest BCUT2D eigenvalue weighted by atomic mass is 10.3. The van der Waals surface area contributed by atoms with E-state index in [0.29, 0.717) is 16.9 Å². The molecule has 7 nitrogen and oxygen atoms in total. The number of nitrogens with zero attached hydrogens (tertiary/aromatic N) is 3. The summed E-state index contributed by atoms with van der Waals surface area (Å²) in [4.78, 5) is 20.0. The van der Waals surface area contributed by atoms with E-state index in [1.54, 1.807) is 16.8 Å². The zero-order valence-electron chi connectivity index (χ0n) is 13.7. The van der Waals surface area contributed by atoms with Gasteiger partial charge in [0.2, 0.25) is 0 Å². The van der Waals surface area contributed by atoms with Crippen LogP contribution >= 0.6 is 0 Å². The highest BCUT2D eigenvalue weighted by atomic mass is 16.5. The Morgan fingerprint density at radius 1 is 1.35 bits per heavy atom. The zero-order chi connectivity index (χ0) is 17.0. The maximum absolute atomic E-state index is 12.3. The first-order valence-electron chi connectivity index (χ1n) is 7.43. The molecular weight excluding hydrogens is 294 g/mol. The molecule has 0 aliphatic rings. The minimum Gasteiger partial charge on any atom is -0.489 e. The highest BCUT2D eigenvalue weighted by Crippen LogP contribution is 2.24. The lowest BCUT2D eigenvalue weighted by Gasteiger charge is -2.19. The van der Waals surface area contributed by atoms with Crippen molar-refractivity contribution in [2.24, 2.45) is 0 Å². The number of carbonyl (C=O) groups excluding carboxylic acids is 1. The maximum Gasteiger partial charge on any atom is 0.274 e. The van der Waals surface area contributed by atoms with Gasteiger partial charge in [0.25, 0.3) is 5.91 Å². The predicted octanol–water partition coefficient (Wildman–Crippen LogP) is 2.38. The summed E-state index contributed by atoms with van der Waals surface area (Å²) in [6, 6.07) is 3.23. The number of anilines is 1. The van der Waals surface area contributed by atoms with Crippen LogP contribution in [-0.4, -0.2) is 26.5 Å². The monoisotopic (exact) mass is 315 g/mol. The summed E-state index contributed by atoms with van der Waals surface area (Å²) in [5.41, 5.74) is 1.09. The average molecular weight is 315 g/mol. The van der Waals surface area contributed by atoms with E-state index < -0.39 is 0 Å². The normalized spacial score (nSPS) is 10.9. The lowest BCUT2D eigenvalue weighted by Crippen LogP contribution is -2.24. The number of rotatable bonds is 5. The molecule has 0 aromatic carbocycles. The van der Waals surface area contributed by atoms with Crippen LogP contribution in [0, 0.1) is 5.41 Å². The number of aromatic nitrogens is 3. The van der Waals surface area contributed by atoms with Crippen molar-refractivity contribution in [1.82, 2.24) is 14.5 Å². The third kappa shape index (κ3) is 4.15. The molecule has 0 atom stereocenters. The van der Waals surface area contributed by atoms with Crippen molar-refractivity contribution in [2.45, 2.75) is 39.8 Å². The van der Waals surface area contributed by atoms with Crippen LogP contribution in [0.5, 0.6) is 5.75 Å². The Hall–Kier alpha value is -2.70. The fraction of sp³-hybridized carbons (Fsp3) is 0.375. The second-order valence-corrected chi connectivity index (χ2v) is 5.65. The van der Waals surface area contributed by atoms with Crippen LogP contribution in [0.25, 0.3) is 0 Å². The summed E-state index contributed by atoms with van der Waals surface area (Å²) in [6.45, 7) is 7.72. The first kappa shape index (κ1) is 16.7. The van der Waals surface area contributed by atoms with Gasteiger partial charge in [0.05, 0.1) is 6.10 Å². The van der Waals surface area contributed by atoms with Gasteiger partial charge < -0.3 is 14.6 Å². The van der Waals surface area contributed by atoms with E-state index in [2.05, 4.69) is 15.3 Å². The highest BCUT2D eigenvalue weighted by Gasteiger charge is 2.14. The molecule has 0 spiro atoms. The molecular formula is C16H21N5O2. The Balaban J connectivity index is 2.40. The summed E-state index contributed by atoms with van der Waals surface area (Å²) >= 11 is 0. The van der Waals surface area contributed by atoms with Crippen LogP contribution in [0.3, 0.4) is 0 Å². The van der Waals surface area contributed by atoms with E-state index in [9.17, 15) is 4.79 Å². The van der Waals surface area contributed by atoms with Gasteiger partial charge in [0, 0.05) is 24.5 Å². The predicted molar refractivity (Wildman–Crippen MR) is 86.4 cm³/mol. The lowest BCUT2D eigenvalue weighted by molar-refractivity contribution is 0.102. The van der Waals surface area contributed by atoms with Gasteiger partial charge in [-0.05, 0) is 33.8 Å². The third-order valence-electron chi connectivity index (χ3n) is 3.06. The molecule has 122 valence electrons. The summed E-state index contributed by atoms with van der Waals surface area (Å²) in [6.07, 6.45) is 4.47. The molecule has 7 heteroatoms. The third-order valence-corrected chi connectivity index (χ3v) is 3.06. The van der Waals surface area contributed by atoms with Crippen LogP contribution in [0.4, 0.5) is 5.69 Å². The minimum atomic E-state index is -0.353. The van der Waals surface area contributed by atoms with Crippen molar-refractivity contribution in [3.05, 3.63) is 42.0 Å². The molecule has 2 rings (SSSR count). The van der Waals surface area contributed by atoms with Crippen molar-refractivity contribution in [1.29, 1.82) is 5.41 Å². The van der Waals surface area contributed by atoms with Crippen molar-refractivity contribution < 1.29 is 9.53 Å². The largest absolute Gasteiger partial charge is 0.489 e. The van der Waals surface area contributed by atoms with Crippen LogP contribution in [0.2, 0.25) is 0 Å². The molecule has 2 heterocycles.